The first-order valence-corrected chi connectivity index (χ1v) is 13.6. The van der Waals surface area contributed by atoms with E-state index in [0.717, 1.165) is 0 Å². The summed E-state index contributed by atoms with van der Waals surface area (Å²) in [5.41, 5.74) is 0. The molecule has 0 unspecified atom stereocenters. The lowest BCUT2D eigenvalue weighted by atomic mass is 8.91. The van der Waals surface area contributed by atoms with Gasteiger partial charge in [0.1, 0.15) is 0 Å². The zero-order valence-corrected chi connectivity index (χ0v) is 16.6. The van der Waals surface area contributed by atoms with Crippen LogP contribution in [0.4, 0.5) is 0 Å². The number of hydrogen-bond donors (Lipinski definition) is 0. The van der Waals surface area contributed by atoms with Crippen LogP contribution >= 0.6 is 0 Å². The normalized spacial score (nSPS) is 31.0. The molecule has 3 fully saturated rings. The van der Waals surface area contributed by atoms with E-state index in [2.05, 4.69) is 97.5 Å². The molecule has 14 heteroatoms. The van der Waals surface area contributed by atoms with Crippen molar-refractivity contribution in [1.82, 2.24) is 0 Å². The molecule has 3 heterocycles. The zero-order chi connectivity index (χ0) is 16.5. The van der Waals surface area contributed by atoms with Crippen LogP contribution in [0.1, 0.15) is 0 Å². The lowest BCUT2D eigenvalue weighted by molar-refractivity contribution is 0.395. The second-order valence-corrected chi connectivity index (χ2v) is 15.7. The molecular weight excluding hydrogens is 292 g/mol. The average Bonchev–Trinajstić information content (AvgIpc) is 2.51. The van der Waals surface area contributed by atoms with Crippen LogP contribution in [0, 0.1) is 0 Å². The fourth-order valence-electron chi connectivity index (χ4n) is 3.11. The van der Waals surface area contributed by atoms with Crippen LogP contribution in [0.5, 0.6) is 0 Å². The van der Waals surface area contributed by atoms with Crippen LogP contribution in [0.2, 0.25) is 35.7 Å². The molecule has 0 aromatic carbocycles. The Balaban J connectivity index is 2.28. The van der Waals surface area contributed by atoms with E-state index in [9.17, 15) is 0 Å². The minimum Gasteiger partial charge on any atom is -0.422 e. The third kappa shape index (κ3) is 3.36. The molecule has 0 aromatic heterocycles. The Bertz CT molecular complexity index is 357. The van der Waals surface area contributed by atoms with Crippen LogP contribution in [0.3, 0.4) is 0 Å². The molecule has 0 aliphatic carbocycles. The largest absolute Gasteiger partial charge is 0.422 e. The highest BCUT2D eigenvalue weighted by molar-refractivity contribution is 7.68. The smallest absolute Gasteiger partial charge is 0.169 e. The second kappa shape index (κ2) is 7.09. The fraction of sp³-hybridized carbons (Fsp3) is 1.00. The van der Waals surface area contributed by atoms with Crippen molar-refractivity contribution in [1.29, 1.82) is 0 Å². The van der Waals surface area contributed by atoms with Gasteiger partial charge in [-0.3, -0.25) is 0 Å². The van der Waals surface area contributed by atoms with Crippen LogP contribution < -0.4 is 0 Å². The van der Waals surface area contributed by atoms with Gasteiger partial charge in [0.05, 0.1) is 14.6 Å². The molecule has 0 N–H and O–H groups in total. The first kappa shape index (κ1) is 19.3. The molecule has 3 aliphatic rings. The monoisotopic (exact) mass is 312 g/mol. The van der Waals surface area contributed by atoms with Gasteiger partial charge in [-0.15, -0.1) is 9.47 Å². The summed E-state index contributed by atoms with van der Waals surface area (Å²) in [6.45, 7) is 9.11. The maximum absolute atomic E-state index is 5.94. The Morgan fingerprint density at radius 3 is 1.23 bits per heavy atom. The molecule has 0 saturated carbocycles. The second-order valence-electron chi connectivity index (χ2n) is 7.07. The van der Waals surface area contributed by atoms with Gasteiger partial charge in [-0.25, -0.2) is 0 Å². The lowest BCUT2D eigenvalue weighted by Gasteiger charge is -2.66. The summed E-state index contributed by atoms with van der Waals surface area (Å²) in [6, 6.07) is 0. The zero-order valence-electron chi connectivity index (χ0n) is 14.6. The highest BCUT2D eigenvalue weighted by atomic mass is 28.4. The van der Waals surface area contributed by atoms with Crippen molar-refractivity contribution in [2.75, 3.05) is 14.2 Å². The minimum absolute atomic E-state index is 0.0520. The maximum Gasteiger partial charge on any atom is 0.169 e. The SMILES string of the molecule is CO[Si](C)(C)C12[B][B][B][B][B][B][B][B]C([Si](C)(C)OC)([B]1)[B]2. The van der Waals surface area contributed by atoms with Crippen molar-refractivity contribution in [3.63, 3.8) is 0 Å². The molecule has 3 rings (SSSR count). The van der Waals surface area contributed by atoms with Gasteiger partial charge in [0.15, 0.2) is 16.6 Å². The summed E-state index contributed by atoms with van der Waals surface area (Å²) in [6.07, 6.45) is 0. The van der Waals surface area contributed by atoms with Gasteiger partial charge in [-0.05, 0) is 26.2 Å². The van der Waals surface area contributed by atoms with Gasteiger partial charge in [-0.2, -0.15) is 0 Å². The van der Waals surface area contributed by atoms with Crippen molar-refractivity contribution in [3.8, 4) is 0 Å². The van der Waals surface area contributed by atoms with E-state index in [4.69, 9.17) is 8.85 Å². The number of fused-ring (bicyclic) bond motifs is 7. The Kier molecular flexibility index (Phi) is 6.23. The maximum atomic E-state index is 5.94. The fourth-order valence-corrected chi connectivity index (χ4v) is 7.44. The third-order valence-electron chi connectivity index (χ3n) is 5.36. The summed E-state index contributed by atoms with van der Waals surface area (Å²) in [7, 11) is 22.0. The van der Waals surface area contributed by atoms with Crippen molar-refractivity contribution >= 4 is 87.9 Å². The molecule has 10 radical (unpaired) electrons. The molecule has 22 heavy (non-hydrogen) atoms. The molecular formula is C8H18B10O2Si2. The molecule has 3 aliphatic heterocycles. The van der Waals surface area contributed by atoms with E-state index in [1.54, 1.807) is 0 Å². The molecule has 3 saturated heterocycles. The van der Waals surface area contributed by atoms with Crippen molar-refractivity contribution in [3.05, 3.63) is 0 Å². The van der Waals surface area contributed by atoms with Gasteiger partial charge in [0, 0.05) is 70.9 Å². The van der Waals surface area contributed by atoms with Gasteiger partial charge < -0.3 is 8.85 Å². The van der Waals surface area contributed by atoms with Crippen LogP contribution in [0.25, 0.3) is 0 Å². The van der Waals surface area contributed by atoms with Crippen molar-refractivity contribution in [2.45, 2.75) is 35.7 Å². The number of rotatable bonds is 4. The highest BCUT2D eigenvalue weighted by Crippen LogP contribution is 2.58. The van der Waals surface area contributed by atoms with Gasteiger partial charge >= 0.3 is 0 Å². The summed E-state index contributed by atoms with van der Waals surface area (Å²) < 4.78 is 11.8. The standard InChI is InChI=1S/C8H18B10O2Si2/c1-19-21(3,4)7-9-8(10-7,22(5,6)20-2)12-14-16-18-17-15-13-11-7/h1-6H3. The van der Waals surface area contributed by atoms with Crippen LogP contribution in [-0.4, -0.2) is 102 Å². The predicted octanol–water partition coefficient (Wildman–Crippen LogP) is -1.61. The Labute approximate surface area is 146 Å². The van der Waals surface area contributed by atoms with E-state index in [-0.39, 0.29) is 9.47 Å². The minimum atomic E-state index is -1.90. The van der Waals surface area contributed by atoms with Gasteiger partial charge in [0.2, 0.25) is 0 Å². The van der Waals surface area contributed by atoms with Crippen LogP contribution in [0.15, 0.2) is 0 Å². The topological polar surface area (TPSA) is 18.5 Å². The Morgan fingerprint density at radius 1 is 0.591 bits per heavy atom. The molecule has 2 nitrogen and oxygen atoms in total. The van der Waals surface area contributed by atoms with Gasteiger partial charge in [0.25, 0.3) is 0 Å². The van der Waals surface area contributed by atoms with Crippen molar-refractivity contribution in [2.24, 2.45) is 0 Å². The van der Waals surface area contributed by atoms with Crippen molar-refractivity contribution < 1.29 is 8.85 Å². The first-order valence-electron chi connectivity index (χ1n) is 7.79. The molecule has 2 bridgehead atoms. The molecule has 0 aromatic rings. The first-order chi connectivity index (χ1) is 10.2. The van der Waals surface area contributed by atoms with E-state index in [0.29, 0.717) is 0 Å². The summed E-state index contributed by atoms with van der Waals surface area (Å²) in [4.78, 5) is 0. The van der Waals surface area contributed by atoms with Gasteiger partial charge in [-0.1, -0.05) is 0 Å². The Morgan fingerprint density at radius 2 is 0.909 bits per heavy atom. The highest BCUT2D eigenvalue weighted by Gasteiger charge is 2.66. The quantitative estimate of drug-likeness (QED) is 0.582. The van der Waals surface area contributed by atoms with E-state index in [1.165, 1.54) is 0 Å². The molecule has 100 valence electrons. The summed E-state index contributed by atoms with van der Waals surface area (Å²) in [5.74, 6) is 0. The van der Waals surface area contributed by atoms with E-state index < -0.39 is 16.6 Å². The predicted molar refractivity (Wildman–Crippen MR) is 112 cm³/mol. The molecule has 0 amide bonds. The van der Waals surface area contributed by atoms with E-state index in [1.807, 2.05) is 14.2 Å². The lowest BCUT2D eigenvalue weighted by Crippen LogP contribution is -2.77. The van der Waals surface area contributed by atoms with Crippen LogP contribution in [-0.2, 0) is 8.85 Å². The third-order valence-corrected chi connectivity index (χ3v) is 12.5. The number of hydrogen-bond acceptors (Lipinski definition) is 2. The average molecular weight is 311 g/mol. The van der Waals surface area contributed by atoms with E-state index >= 15 is 0 Å². The molecule has 0 spiro atoms. The summed E-state index contributed by atoms with van der Waals surface area (Å²) in [5, 5.41) is 0. The molecule has 0 atom stereocenters. The Hall–Kier alpha value is 1.00. The summed E-state index contributed by atoms with van der Waals surface area (Å²) >= 11 is 0.